The van der Waals surface area contributed by atoms with Crippen LogP contribution in [-0.2, 0) is 14.8 Å². The average molecular weight is 419 g/mol. The van der Waals surface area contributed by atoms with Gasteiger partial charge < -0.3 is 11.2 Å². The number of carbonyl (C=O) groups excluding carboxylic acids is 1. The summed E-state index contributed by atoms with van der Waals surface area (Å²) in [5.74, 6) is 6.26. The van der Waals surface area contributed by atoms with Gasteiger partial charge >= 0.3 is 0 Å². The number of thioether (sulfide) groups is 1. The summed E-state index contributed by atoms with van der Waals surface area (Å²) in [7, 11) is -3.78. The monoisotopic (exact) mass is 418 g/mol. The molecule has 2 aromatic carbocycles. The molecule has 3 aromatic rings. The van der Waals surface area contributed by atoms with E-state index in [1.54, 1.807) is 6.92 Å². The maximum atomic E-state index is 12.4. The number of sulfonamides is 1. The van der Waals surface area contributed by atoms with Gasteiger partial charge in [0, 0.05) is 11.3 Å². The number of nitrogens with zero attached hydrogens (tertiary/aromatic N) is 3. The van der Waals surface area contributed by atoms with Crippen molar-refractivity contribution < 1.29 is 13.2 Å². The minimum absolute atomic E-state index is 0.0300. The lowest BCUT2D eigenvalue weighted by atomic mass is 10.2. The summed E-state index contributed by atoms with van der Waals surface area (Å²) in [6, 6.07) is 14.9. The zero-order valence-electron chi connectivity index (χ0n) is 14.8. The number of nitrogens with two attached hydrogens (primary N) is 2. The quantitative estimate of drug-likeness (QED) is 0.405. The van der Waals surface area contributed by atoms with Crippen molar-refractivity contribution in [3.63, 3.8) is 0 Å². The van der Waals surface area contributed by atoms with Crippen LogP contribution in [0, 0.1) is 0 Å². The normalized spacial score (nSPS) is 12.5. The van der Waals surface area contributed by atoms with Crippen LogP contribution in [0.25, 0.3) is 11.4 Å². The number of carbonyl (C=O) groups is 1. The molecule has 146 valence electrons. The van der Waals surface area contributed by atoms with Gasteiger partial charge in [0.05, 0.1) is 10.1 Å². The first-order valence-electron chi connectivity index (χ1n) is 8.12. The number of primary sulfonamides is 1. The lowest BCUT2D eigenvalue weighted by molar-refractivity contribution is -0.115. The van der Waals surface area contributed by atoms with Crippen LogP contribution in [0.2, 0.25) is 0 Å². The number of hydrogen-bond donors (Lipinski definition) is 3. The highest BCUT2D eigenvalue weighted by atomic mass is 32.2. The van der Waals surface area contributed by atoms with E-state index in [9.17, 15) is 13.2 Å². The smallest absolute Gasteiger partial charge is 0.238 e. The van der Waals surface area contributed by atoms with Gasteiger partial charge in [-0.1, -0.05) is 42.1 Å². The van der Waals surface area contributed by atoms with E-state index in [0.29, 0.717) is 16.7 Å². The number of hydrogen-bond acceptors (Lipinski definition) is 7. The van der Waals surface area contributed by atoms with E-state index in [4.69, 9.17) is 11.0 Å². The highest BCUT2D eigenvalue weighted by molar-refractivity contribution is 8.00. The van der Waals surface area contributed by atoms with Crippen LogP contribution < -0.4 is 16.3 Å². The van der Waals surface area contributed by atoms with Crippen LogP contribution in [0.15, 0.2) is 64.6 Å². The van der Waals surface area contributed by atoms with Gasteiger partial charge in [-0.3, -0.25) is 4.79 Å². The highest BCUT2D eigenvalue weighted by Gasteiger charge is 2.20. The first-order chi connectivity index (χ1) is 13.3. The van der Waals surface area contributed by atoms with Crippen molar-refractivity contribution in [3.05, 3.63) is 54.6 Å². The van der Waals surface area contributed by atoms with Crippen LogP contribution in [0.1, 0.15) is 6.92 Å². The maximum absolute atomic E-state index is 12.4. The summed E-state index contributed by atoms with van der Waals surface area (Å²) in [6.45, 7) is 1.70. The van der Waals surface area contributed by atoms with E-state index < -0.39 is 15.3 Å². The van der Waals surface area contributed by atoms with Crippen molar-refractivity contribution in [2.75, 3.05) is 11.2 Å². The first kappa shape index (κ1) is 19.9. The molecule has 0 fully saturated rings. The van der Waals surface area contributed by atoms with Crippen LogP contribution >= 0.6 is 11.8 Å². The number of nitrogens with one attached hydrogen (secondary N) is 1. The number of rotatable bonds is 6. The van der Waals surface area contributed by atoms with Crippen molar-refractivity contribution in [1.82, 2.24) is 14.9 Å². The third-order valence-corrected chi connectivity index (χ3v) is 5.78. The number of anilines is 1. The van der Waals surface area contributed by atoms with E-state index in [2.05, 4.69) is 15.5 Å². The number of benzene rings is 2. The van der Waals surface area contributed by atoms with E-state index in [1.165, 1.54) is 28.9 Å². The van der Waals surface area contributed by atoms with Crippen LogP contribution in [0.4, 0.5) is 5.69 Å². The molecule has 1 aromatic heterocycles. The van der Waals surface area contributed by atoms with Gasteiger partial charge in [-0.2, -0.15) is 0 Å². The average Bonchev–Trinajstić information content (AvgIpc) is 3.02. The fourth-order valence-corrected chi connectivity index (χ4v) is 3.61. The molecular formula is C17H18N6O3S2. The topological polar surface area (TPSA) is 146 Å². The lowest BCUT2D eigenvalue weighted by Gasteiger charge is -2.12. The SMILES string of the molecule is C[C@H](Sc1nnc(-c2ccccc2)n1N)C(=O)Nc1ccc(S(N)(=O)=O)cc1. The fraction of sp³-hybridized carbons (Fsp3) is 0.118. The molecule has 0 spiro atoms. The van der Waals surface area contributed by atoms with Gasteiger partial charge in [0.25, 0.3) is 0 Å². The molecule has 1 amide bonds. The second kappa shape index (κ2) is 8.00. The Bertz CT molecular complexity index is 1080. The van der Waals surface area contributed by atoms with Crippen molar-refractivity contribution in [3.8, 4) is 11.4 Å². The molecule has 0 saturated carbocycles. The van der Waals surface area contributed by atoms with Gasteiger partial charge in [-0.25, -0.2) is 18.2 Å². The molecular weight excluding hydrogens is 400 g/mol. The lowest BCUT2D eigenvalue weighted by Crippen LogP contribution is -2.23. The minimum Gasteiger partial charge on any atom is -0.335 e. The summed E-state index contributed by atoms with van der Waals surface area (Å²) in [6.07, 6.45) is 0. The molecule has 0 aliphatic rings. The summed E-state index contributed by atoms with van der Waals surface area (Å²) < 4.78 is 23.9. The molecule has 1 heterocycles. The van der Waals surface area contributed by atoms with Crippen molar-refractivity contribution in [1.29, 1.82) is 0 Å². The van der Waals surface area contributed by atoms with Gasteiger partial charge in [-0.05, 0) is 31.2 Å². The Kier molecular flexibility index (Phi) is 5.68. The summed E-state index contributed by atoms with van der Waals surface area (Å²) in [4.78, 5) is 12.4. The Balaban J connectivity index is 1.67. The van der Waals surface area contributed by atoms with Crippen LogP contribution in [0.5, 0.6) is 0 Å². The van der Waals surface area contributed by atoms with E-state index in [-0.39, 0.29) is 10.8 Å². The molecule has 0 radical (unpaired) electrons. The first-order valence-corrected chi connectivity index (χ1v) is 10.5. The third kappa shape index (κ3) is 4.50. The zero-order chi connectivity index (χ0) is 20.3. The largest absolute Gasteiger partial charge is 0.335 e. The van der Waals surface area contributed by atoms with Gasteiger partial charge in [0.1, 0.15) is 0 Å². The van der Waals surface area contributed by atoms with Gasteiger partial charge in [-0.15, -0.1) is 10.2 Å². The van der Waals surface area contributed by atoms with Crippen molar-refractivity contribution >= 4 is 33.4 Å². The summed E-state index contributed by atoms with van der Waals surface area (Å²) in [5, 5.41) is 15.8. The molecule has 0 bridgehead atoms. The summed E-state index contributed by atoms with van der Waals surface area (Å²) in [5.41, 5.74) is 1.26. The number of amides is 1. The van der Waals surface area contributed by atoms with Crippen LogP contribution in [0.3, 0.4) is 0 Å². The molecule has 9 nitrogen and oxygen atoms in total. The number of nitrogen functional groups attached to an aromatic ring is 1. The molecule has 0 aliphatic heterocycles. The van der Waals surface area contributed by atoms with E-state index in [0.717, 1.165) is 17.3 Å². The molecule has 1 atom stereocenters. The van der Waals surface area contributed by atoms with Gasteiger partial charge in [0.2, 0.25) is 21.1 Å². The molecule has 0 aliphatic carbocycles. The minimum atomic E-state index is -3.78. The second-order valence-electron chi connectivity index (χ2n) is 5.86. The predicted octanol–water partition coefficient (Wildman–Crippen LogP) is 1.43. The summed E-state index contributed by atoms with van der Waals surface area (Å²) >= 11 is 1.16. The zero-order valence-corrected chi connectivity index (χ0v) is 16.4. The second-order valence-corrected chi connectivity index (χ2v) is 8.73. The maximum Gasteiger partial charge on any atom is 0.238 e. The van der Waals surface area contributed by atoms with Crippen molar-refractivity contribution in [2.45, 2.75) is 22.2 Å². The van der Waals surface area contributed by atoms with E-state index in [1.807, 2.05) is 30.3 Å². The molecule has 11 heteroatoms. The highest BCUT2D eigenvalue weighted by Crippen LogP contribution is 2.25. The predicted molar refractivity (Wildman–Crippen MR) is 107 cm³/mol. The molecule has 28 heavy (non-hydrogen) atoms. The van der Waals surface area contributed by atoms with Gasteiger partial charge in [0.15, 0.2) is 5.82 Å². The number of aromatic nitrogens is 3. The Morgan fingerprint density at radius 1 is 1.11 bits per heavy atom. The van der Waals surface area contributed by atoms with E-state index >= 15 is 0 Å². The standard InChI is InChI=1S/C17H18N6O3S2/c1-11(16(24)20-13-7-9-14(10-8-13)28(19,25)26)27-17-22-21-15(23(17)18)12-5-3-2-4-6-12/h2-11H,18H2,1H3,(H,20,24)(H2,19,25,26)/t11-/m0/s1. The molecule has 0 saturated heterocycles. The van der Waals surface area contributed by atoms with Crippen LogP contribution in [-0.4, -0.2) is 34.4 Å². The fourth-order valence-electron chi connectivity index (χ4n) is 2.32. The molecule has 3 rings (SSSR count). The molecule has 0 unspecified atom stereocenters. The Labute approximate surface area is 166 Å². The Hall–Kier alpha value is -2.89. The Morgan fingerprint density at radius 2 is 1.75 bits per heavy atom. The van der Waals surface area contributed by atoms with Crippen molar-refractivity contribution in [2.24, 2.45) is 5.14 Å². The molecule has 5 N–H and O–H groups in total. The third-order valence-electron chi connectivity index (χ3n) is 3.80. The Morgan fingerprint density at radius 3 is 2.36 bits per heavy atom.